The average Bonchev–Trinajstić information content (AvgIpc) is 3.44. The molecule has 4 heterocycles. The number of hydrogen-bond donors (Lipinski definition) is 0. The Morgan fingerprint density at radius 3 is 2.67 bits per heavy atom. The second-order valence-electron chi connectivity index (χ2n) is 7.86. The van der Waals surface area contributed by atoms with Gasteiger partial charge in [0, 0.05) is 43.8 Å². The van der Waals surface area contributed by atoms with E-state index in [1.54, 1.807) is 24.1 Å². The van der Waals surface area contributed by atoms with Crippen LogP contribution in [0.5, 0.6) is 0 Å². The van der Waals surface area contributed by atoms with Gasteiger partial charge in [0.25, 0.3) is 5.56 Å². The third kappa shape index (κ3) is 4.37. The molecule has 0 unspecified atom stereocenters. The molecule has 0 spiro atoms. The van der Waals surface area contributed by atoms with Crippen molar-refractivity contribution in [1.29, 1.82) is 0 Å². The summed E-state index contributed by atoms with van der Waals surface area (Å²) in [6, 6.07) is 7.24. The Hall–Kier alpha value is -3.57. The predicted octanol–water partition coefficient (Wildman–Crippen LogP) is 1.18. The highest BCUT2D eigenvalue weighted by atomic mass is 35.5. The van der Waals surface area contributed by atoms with Crippen molar-refractivity contribution >= 4 is 28.5 Å². The Balaban J connectivity index is 1.17. The molecule has 5 rings (SSSR count). The second-order valence-corrected chi connectivity index (χ2v) is 8.30. The zero-order valence-corrected chi connectivity index (χ0v) is 18.6. The van der Waals surface area contributed by atoms with Gasteiger partial charge in [0.2, 0.25) is 17.6 Å². The number of piperazine rings is 1. The number of halogens is 1. The standard InChI is InChI=1S/C21H21ClN8O3/c1-27-20-16(10-24-27)21(32)30(13-23-20)12-18(31)29-8-6-28(7-9-29)11-17-25-19(26-33-17)14-2-4-15(22)5-3-14/h2-5,10,13H,6-9,11-12H2,1H3. The molecule has 1 aromatic carbocycles. The lowest BCUT2D eigenvalue weighted by Gasteiger charge is -2.34. The highest BCUT2D eigenvalue weighted by Gasteiger charge is 2.23. The predicted molar refractivity (Wildman–Crippen MR) is 119 cm³/mol. The van der Waals surface area contributed by atoms with E-state index in [9.17, 15) is 9.59 Å². The van der Waals surface area contributed by atoms with Crippen molar-refractivity contribution in [2.24, 2.45) is 7.05 Å². The number of carbonyl (C=O) groups is 1. The quantitative estimate of drug-likeness (QED) is 0.429. The molecule has 12 heteroatoms. The molecule has 1 fully saturated rings. The van der Waals surface area contributed by atoms with Gasteiger partial charge in [-0.3, -0.25) is 23.7 Å². The lowest BCUT2D eigenvalue weighted by molar-refractivity contribution is -0.133. The van der Waals surface area contributed by atoms with Gasteiger partial charge < -0.3 is 9.42 Å². The molecule has 4 aromatic rings. The van der Waals surface area contributed by atoms with E-state index in [2.05, 4.69) is 25.1 Å². The molecule has 1 saturated heterocycles. The summed E-state index contributed by atoms with van der Waals surface area (Å²) in [6.07, 6.45) is 2.87. The van der Waals surface area contributed by atoms with E-state index in [1.807, 2.05) is 12.1 Å². The summed E-state index contributed by atoms with van der Waals surface area (Å²) in [5.74, 6) is 0.909. The Labute approximate surface area is 193 Å². The van der Waals surface area contributed by atoms with Crippen LogP contribution in [-0.4, -0.2) is 71.4 Å². The number of amides is 1. The molecule has 0 radical (unpaired) electrons. The number of aryl methyl sites for hydroxylation is 1. The summed E-state index contributed by atoms with van der Waals surface area (Å²) < 4.78 is 8.25. The maximum Gasteiger partial charge on any atom is 0.264 e. The lowest BCUT2D eigenvalue weighted by atomic mass is 10.2. The van der Waals surface area contributed by atoms with Crippen molar-refractivity contribution < 1.29 is 9.32 Å². The molecule has 33 heavy (non-hydrogen) atoms. The fourth-order valence-electron chi connectivity index (χ4n) is 3.81. The topological polar surface area (TPSA) is 115 Å². The van der Waals surface area contributed by atoms with E-state index >= 15 is 0 Å². The Bertz CT molecular complexity index is 1350. The number of aromatic nitrogens is 6. The normalized spacial score (nSPS) is 14.8. The lowest BCUT2D eigenvalue weighted by Crippen LogP contribution is -2.49. The van der Waals surface area contributed by atoms with Gasteiger partial charge in [0.1, 0.15) is 18.3 Å². The maximum absolute atomic E-state index is 12.8. The number of benzene rings is 1. The highest BCUT2D eigenvalue weighted by Crippen LogP contribution is 2.19. The van der Waals surface area contributed by atoms with Gasteiger partial charge in [-0.25, -0.2) is 4.98 Å². The molecule has 1 aliphatic rings. The molecular formula is C21H21ClN8O3. The second kappa shape index (κ2) is 8.75. The minimum atomic E-state index is -0.270. The summed E-state index contributed by atoms with van der Waals surface area (Å²) >= 11 is 5.92. The van der Waals surface area contributed by atoms with Crippen LogP contribution in [0.4, 0.5) is 0 Å². The third-order valence-corrected chi connectivity index (χ3v) is 5.93. The molecule has 0 atom stereocenters. The van der Waals surface area contributed by atoms with E-state index in [-0.39, 0.29) is 18.0 Å². The molecule has 0 saturated carbocycles. The van der Waals surface area contributed by atoms with E-state index in [0.717, 1.165) is 5.56 Å². The Morgan fingerprint density at radius 1 is 1.15 bits per heavy atom. The minimum absolute atomic E-state index is 0.0508. The zero-order valence-electron chi connectivity index (χ0n) is 17.9. The smallest absolute Gasteiger partial charge is 0.264 e. The van der Waals surface area contributed by atoms with Crippen LogP contribution in [0.15, 0.2) is 46.1 Å². The highest BCUT2D eigenvalue weighted by molar-refractivity contribution is 6.30. The minimum Gasteiger partial charge on any atom is -0.339 e. The van der Waals surface area contributed by atoms with Crippen molar-refractivity contribution in [3.05, 3.63) is 58.1 Å². The summed E-state index contributed by atoms with van der Waals surface area (Å²) in [5, 5.41) is 9.13. The first-order valence-electron chi connectivity index (χ1n) is 10.4. The number of fused-ring (bicyclic) bond motifs is 1. The first kappa shape index (κ1) is 21.3. The van der Waals surface area contributed by atoms with Gasteiger partial charge in [-0.1, -0.05) is 16.8 Å². The summed E-state index contributed by atoms with van der Waals surface area (Å²) in [7, 11) is 1.72. The SMILES string of the molecule is Cn1ncc2c(=O)n(CC(=O)N3CCN(Cc4nc(-c5ccc(Cl)cc5)no4)CC3)cnc21. The largest absolute Gasteiger partial charge is 0.339 e. The van der Waals surface area contributed by atoms with Crippen molar-refractivity contribution in [3.8, 4) is 11.4 Å². The van der Waals surface area contributed by atoms with Crippen LogP contribution in [0.3, 0.4) is 0 Å². The van der Waals surface area contributed by atoms with Crippen LogP contribution >= 0.6 is 11.6 Å². The molecule has 0 N–H and O–H groups in total. The van der Waals surface area contributed by atoms with Gasteiger partial charge in [-0.15, -0.1) is 0 Å². The Kier molecular flexibility index (Phi) is 5.65. The van der Waals surface area contributed by atoms with Gasteiger partial charge in [0.15, 0.2) is 5.65 Å². The molecule has 1 amide bonds. The van der Waals surface area contributed by atoms with Gasteiger partial charge >= 0.3 is 0 Å². The first-order chi connectivity index (χ1) is 16.0. The van der Waals surface area contributed by atoms with E-state index in [0.29, 0.717) is 60.5 Å². The van der Waals surface area contributed by atoms with Crippen LogP contribution in [0.2, 0.25) is 5.02 Å². The van der Waals surface area contributed by atoms with Crippen LogP contribution in [0.1, 0.15) is 5.89 Å². The van der Waals surface area contributed by atoms with Gasteiger partial charge in [-0.05, 0) is 24.3 Å². The van der Waals surface area contributed by atoms with E-state index in [1.165, 1.54) is 21.8 Å². The van der Waals surface area contributed by atoms with Crippen molar-refractivity contribution in [1.82, 2.24) is 39.3 Å². The summed E-state index contributed by atoms with van der Waals surface area (Å²) in [6.45, 7) is 2.88. The molecule has 11 nitrogen and oxygen atoms in total. The average molecular weight is 469 g/mol. The number of nitrogens with zero attached hydrogens (tertiary/aromatic N) is 8. The van der Waals surface area contributed by atoms with E-state index < -0.39 is 0 Å². The maximum atomic E-state index is 12.8. The van der Waals surface area contributed by atoms with Crippen LogP contribution in [0.25, 0.3) is 22.4 Å². The molecule has 3 aromatic heterocycles. The molecule has 1 aliphatic heterocycles. The third-order valence-electron chi connectivity index (χ3n) is 5.68. The zero-order chi connectivity index (χ0) is 22.9. The van der Waals surface area contributed by atoms with Crippen molar-refractivity contribution in [2.45, 2.75) is 13.1 Å². The van der Waals surface area contributed by atoms with Crippen LogP contribution in [-0.2, 0) is 24.9 Å². The summed E-state index contributed by atoms with van der Waals surface area (Å²) in [4.78, 5) is 38.0. The fraction of sp³-hybridized carbons (Fsp3) is 0.333. The number of hydrogen-bond acceptors (Lipinski definition) is 8. The van der Waals surface area contributed by atoms with Crippen LogP contribution < -0.4 is 5.56 Å². The Morgan fingerprint density at radius 2 is 1.91 bits per heavy atom. The van der Waals surface area contributed by atoms with Crippen LogP contribution in [0, 0.1) is 0 Å². The van der Waals surface area contributed by atoms with Gasteiger partial charge in [0.05, 0.1) is 12.7 Å². The van der Waals surface area contributed by atoms with Gasteiger partial charge in [-0.2, -0.15) is 10.1 Å². The molecule has 170 valence electrons. The fourth-order valence-corrected chi connectivity index (χ4v) is 3.93. The van der Waals surface area contributed by atoms with Crippen molar-refractivity contribution in [2.75, 3.05) is 26.2 Å². The molecule has 0 bridgehead atoms. The van der Waals surface area contributed by atoms with E-state index in [4.69, 9.17) is 16.1 Å². The summed E-state index contributed by atoms with van der Waals surface area (Å²) in [5.41, 5.74) is 1.06. The first-order valence-corrected chi connectivity index (χ1v) is 10.8. The van der Waals surface area contributed by atoms with Crippen molar-refractivity contribution in [3.63, 3.8) is 0 Å². The molecular weight excluding hydrogens is 448 g/mol. The number of rotatable bonds is 5. The number of carbonyl (C=O) groups excluding carboxylic acids is 1. The molecule has 0 aliphatic carbocycles. The monoisotopic (exact) mass is 468 g/mol.